The van der Waals surface area contributed by atoms with E-state index in [-0.39, 0.29) is 5.97 Å². The van der Waals surface area contributed by atoms with E-state index in [0.717, 1.165) is 27.5 Å². The minimum Gasteiger partial charge on any atom is -0.451 e. The van der Waals surface area contributed by atoms with E-state index in [1.54, 1.807) is 0 Å². The van der Waals surface area contributed by atoms with Gasteiger partial charge in [0.1, 0.15) is 5.60 Å². The van der Waals surface area contributed by atoms with Gasteiger partial charge in [-0.3, -0.25) is 0 Å². The summed E-state index contributed by atoms with van der Waals surface area (Å²) in [4.78, 5) is 12.8. The molecule has 1 aliphatic rings. The van der Waals surface area contributed by atoms with Crippen LogP contribution >= 0.6 is 0 Å². The van der Waals surface area contributed by atoms with Crippen molar-refractivity contribution < 1.29 is 9.53 Å². The standard InChI is InChI=1S/C22H18O2/c1-22(2,17-8-4-3-5-9-17)24-21(23)19-14-13-16-12-11-15-7-6-10-18(19)20(15)16/h3-14H,1-2H3. The number of ether oxygens (including phenoxy) is 1. The van der Waals surface area contributed by atoms with Gasteiger partial charge in [-0.05, 0) is 47.4 Å². The predicted octanol–water partition coefficient (Wildman–Crippen LogP) is 5.42. The summed E-state index contributed by atoms with van der Waals surface area (Å²) in [6.07, 6.45) is 4.17. The molecular weight excluding hydrogens is 296 g/mol. The van der Waals surface area contributed by atoms with E-state index in [0.29, 0.717) is 5.56 Å². The average Bonchev–Trinajstić information content (AvgIpc) is 3.01. The van der Waals surface area contributed by atoms with Gasteiger partial charge in [-0.1, -0.05) is 66.7 Å². The molecule has 24 heavy (non-hydrogen) atoms. The van der Waals surface area contributed by atoms with Crippen LogP contribution in [0, 0.1) is 0 Å². The Morgan fingerprint density at radius 3 is 2.29 bits per heavy atom. The lowest BCUT2D eigenvalue weighted by molar-refractivity contribution is -0.00289. The number of esters is 1. The van der Waals surface area contributed by atoms with E-state index in [1.165, 1.54) is 0 Å². The fourth-order valence-electron chi connectivity index (χ4n) is 3.28. The Morgan fingerprint density at radius 2 is 1.54 bits per heavy atom. The highest BCUT2D eigenvalue weighted by Crippen LogP contribution is 2.34. The van der Waals surface area contributed by atoms with Gasteiger partial charge in [0.15, 0.2) is 0 Å². The molecule has 3 aromatic rings. The monoisotopic (exact) mass is 314 g/mol. The van der Waals surface area contributed by atoms with Gasteiger partial charge in [0.2, 0.25) is 0 Å². The molecule has 0 spiro atoms. The van der Waals surface area contributed by atoms with Crippen LogP contribution < -0.4 is 0 Å². The van der Waals surface area contributed by atoms with Gasteiger partial charge in [0, 0.05) is 0 Å². The number of carbonyl (C=O) groups excluding carboxylic acids is 1. The molecule has 0 unspecified atom stereocenters. The van der Waals surface area contributed by atoms with E-state index in [1.807, 2.05) is 68.4 Å². The minimum absolute atomic E-state index is 0.292. The van der Waals surface area contributed by atoms with Crippen molar-refractivity contribution in [3.63, 3.8) is 0 Å². The van der Waals surface area contributed by atoms with Crippen molar-refractivity contribution in [3.8, 4) is 0 Å². The number of hydrogen-bond donors (Lipinski definition) is 0. The van der Waals surface area contributed by atoms with Crippen molar-refractivity contribution >= 4 is 28.9 Å². The zero-order chi connectivity index (χ0) is 16.7. The summed E-state index contributed by atoms with van der Waals surface area (Å²) in [6.45, 7) is 3.84. The second-order valence-electron chi connectivity index (χ2n) is 6.57. The molecule has 2 nitrogen and oxygen atoms in total. The van der Waals surface area contributed by atoms with Crippen LogP contribution in [0.4, 0.5) is 0 Å². The normalized spacial score (nSPS) is 12.6. The Kier molecular flexibility index (Phi) is 3.27. The zero-order valence-electron chi connectivity index (χ0n) is 13.7. The highest BCUT2D eigenvalue weighted by molar-refractivity contribution is 6.12. The van der Waals surface area contributed by atoms with Crippen LogP contribution in [0.1, 0.15) is 40.9 Å². The third-order valence-corrected chi connectivity index (χ3v) is 4.58. The van der Waals surface area contributed by atoms with Crippen molar-refractivity contribution in [2.24, 2.45) is 0 Å². The summed E-state index contributed by atoms with van der Waals surface area (Å²) in [6, 6.07) is 19.7. The molecule has 3 aromatic carbocycles. The van der Waals surface area contributed by atoms with E-state index >= 15 is 0 Å². The van der Waals surface area contributed by atoms with Crippen molar-refractivity contribution in [1.29, 1.82) is 0 Å². The van der Waals surface area contributed by atoms with Crippen LogP contribution in [0.2, 0.25) is 0 Å². The van der Waals surface area contributed by atoms with Gasteiger partial charge in [0.05, 0.1) is 5.56 Å². The van der Waals surface area contributed by atoms with Gasteiger partial charge in [0.25, 0.3) is 0 Å². The number of benzene rings is 3. The van der Waals surface area contributed by atoms with E-state index in [4.69, 9.17) is 4.74 Å². The summed E-state index contributed by atoms with van der Waals surface area (Å²) in [7, 11) is 0. The maximum absolute atomic E-state index is 12.8. The molecule has 0 saturated heterocycles. The van der Waals surface area contributed by atoms with Crippen molar-refractivity contribution in [2.75, 3.05) is 0 Å². The highest BCUT2D eigenvalue weighted by Gasteiger charge is 2.27. The molecule has 0 N–H and O–H groups in total. The van der Waals surface area contributed by atoms with Crippen LogP contribution in [-0.4, -0.2) is 5.97 Å². The van der Waals surface area contributed by atoms with E-state index in [9.17, 15) is 4.79 Å². The molecule has 0 amide bonds. The largest absolute Gasteiger partial charge is 0.451 e. The molecule has 0 bridgehead atoms. The predicted molar refractivity (Wildman–Crippen MR) is 97.8 cm³/mol. The molecule has 0 atom stereocenters. The maximum Gasteiger partial charge on any atom is 0.339 e. The summed E-state index contributed by atoms with van der Waals surface area (Å²) < 4.78 is 5.86. The Balaban J connectivity index is 1.73. The zero-order valence-corrected chi connectivity index (χ0v) is 13.7. The first-order valence-electron chi connectivity index (χ1n) is 8.09. The molecular formula is C22H18O2. The maximum atomic E-state index is 12.8. The fourth-order valence-corrected chi connectivity index (χ4v) is 3.28. The third kappa shape index (κ3) is 2.31. The average molecular weight is 314 g/mol. The first kappa shape index (κ1) is 14.7. The minimum atomic E-state index is -0.681. The lowest BCUT2D eigenvalue weighted by atomic mass is 9.97. The molecule has 1 aliphatic carbocycles. The van der Waals surface area contributed by atoms with Gasteiger partial charge in [-0.25, -0.2) is 4.79 Å². The Morgan fingerprint density at radius 1 is 0.833 bits per heavy atom. The Hall–Kier alpha value is -2.87. The smallest absolute Gasteiger partial charge is 0.339 e. The van der Waals surface area contributed by atoms with E-state index in [2.05, 4.69) is 18.2 Å². The molecule has 0 aliphatic heterocycles. The molecule has 2 heteroatoms. The van der Waals surface area contributed by atoms with Gasteiger partial charge < -0.3 is 4.74 Å². The van der Waals surface area contributed by atoms with Gasteiger partial charge >= 0.3 is 5.97 Å². The van der Waals surface area contributed by atoms with Crippen LogP contribution in [0.3, 0.4) is 0 Å². The number of rotatable bonds is 3. The highest BCUT2D eigenvalue weighted by atomic mass is 16.6. The fraction of sp³-hybridized carbons (Fsp3) is 0.136. The molecule has 0 fully saturated rings. The molecule has 0 saturated carbocycles. The second-order valence-corrected chi connectivity index (χ2v) is 6.57. The summed E-state index contributed by atoms with van der Waals surface area (Å²) in [5, 5.41) is 2.08. The lowest BCUT2D eigenvalue weighted by Crippen LogP contribution is -2.25. The van der Waals surface area contributed by atoms with E-state index < -0.39 is 5.60 Å². The van der Waals surface area contributed by atoms with Crippen LogP contribution in [-0.2, 0) is 10.3 Å². The first-order valence-corrected chi connectivity index (χ1v) is 8.09. The Bertz CT molecular complexity index is 954. The Labute approximate surface area is 141 Å². The molecule has 0 heterocycles. The molecule has 0 radical (unpaired) electrons. The van der Waals surface area contributed by atoms with Crippen LogP contribution in [0.5, 0.6) is 0 Å². The van der Waals surface area contributed by atoms with Crippen molar-refractivity contribution in [1.82, 2.24) is 0 Å². The topological polar surface area (TPSA) is 26.3 Å². The number of hydrogen-bond acceptors (Lipinski definition) is 2. The molecule has 0 aromatic heterocycles. The SMILES string of the molecule is CC(C)(OC(=O)c1ccc2c3c(cccc13)C=C2)c1ccccc1. The third-order valence-electron chi connectivity index (χ3n) is 4.58. The van der Waals surface area contributed by atoms with Crippen LogP contribution in [0.15, 0.2) is 60.7 Å². The van der Waals surface area contributed by atoms with Gasteiger partial charge in [-0.15, -0.1) is 0 Å². The summed E-state index contributed by atoms with van der Waals surface area (Å²) >= 11 is 0. The van der Waals surface area contributed by atoms with Crippen LogP contribution in [0.25, 0.3) is 22.9 Å². The second kappa shape index (κ2) is 5.34. The first-order chi connectivity index (χ1) is 11.6. The summed E-state index contributed by atoms with van der Waals surface area (Å²) in [5.41, 5.74) is 3.22. The molecule has 118 valence electrons. The van der Waals surface area contributed by atoms with Gasteiger partial charge in [-0.2, -0.15) is 0 Å². The number of carbonyl (C=O) groups is 1. The molecule has 4 rings (SSSR count). The van der Waals surface area contributed by atoms with Crippen molar-refractivity contribution in [3.05, 3.63) is 82.9 Å². The van der Waals surface area contributed by atoms with Crippen molar-refractivity contribution in [2.45, 2.75) is 19.4 Å². The quantitative estimate of drug-likeness (QED) is 0.472. The summed E-state index contributed by atoms with van der Waals surface area (Å²) in [5.74, 6) is -0.292. The lowest BCUT2D eigenvalue weighted by Gasteiger charge is -2.26.